The van der Waals surface area contributed by atoms with E-state index < -0.39 is 11.8 Å². The molecule has 0 fully saturated rings. The summed E-state index contributed by atoms with van der Waals surface area (Å²) in [7, 11) is 3.80. The maximum Gasteiger partial charge on any atom is 0.290 e. The molecule has 3 rings (SSSR count). The summed E-state index contributed by atoms with van der Waals surface area (Å²) < 4.78 is 3.76. The number of aromatic nitrogens is 4. The van der Waals surface area contributed by atoms with E-state index in [0.29, 0.717) is 0 Å². The molecular formula is C20H20N8O2+2. The maximum atomic E-state index is 12.2. The lowest BCUT2D eigenvalue weighted by atomic mass is 10.3. The monoisotopic (exact) mass is 404 g/mol. The first kappa shape index (κ1) is 20.4. The van der Waals surface area contributed by atoms with Gasteiger partial charge in [-0.3, -0.25) is 9.59 Å². The van der Waals surface area contributed by atoms with Crippen LogP contribution in [0.1, 0.15) is 32.1 Å². The molecule has 0 saturated carbocycles. The van der Waals surface area contributed by atoms with E-state index in [9.17, 15) is 9.59 Å². The molecule has 0 unspecified atom stereocenters. The van der Waals surface area contributed by atoms with Gasteiger partial charge in [0, 0.05) is 41.5 Å². The van der Waals surface area contributed by atoms with Crippen molar-refractivity contribution in [2.24, 2.45) is 24.3 Å². The number of carbonyl (C=O) groups is 2. The zero-order chi connectivity index (χ0) is 21.3. The Balaban J connectivity index is 1.58. The van der Waals surface area contributed by atoms with E-state index in [1.54, 1.807) is 0 Å². The topological polar surface area (TPSA) is 116 Å². The van der Waals surface area contributed by atoms with Crippen molar-refractivity contribution in [2.45, 2.75) is 0 Å². The zero-order valence-corrected chi connectivity index (χ0v) is 16.4. The van der Waals surface area contributed by atoms with Crippen molar-refractivity contribution in [1.29, 1.82) is 0 Å². The Labute approximate surface area is 172 Å². The smallest absolute Gasteiger partial charge is 0.266 e. The van der Waals surface area contributed by atoms with Gasteiger partial charge in [0.25, 0.3) is 11.8 Å². The van der Waals surface area contributed by atoms with Crippen LogP contribution in [-0.4, -0.2) is 34.2 Å². The number of pyridine rings is 2. The molecule has 2 N–H and O–H groups in total. The van der Waals surface area contributed by atoms with Crippen LogP contribution in [0.25, 0.3) is 0 Å². The number of hydrogen-bond donors (Lipinski definition) is 2. The van der Waals surface area contributed by atoms with Crippen LogP contribution in [0.15, 0.2) is 71.6 Å². The molecule has 10 nitrogen and oxygen atoms in total. The predicted octanol–water partition coefficient (Wildman–Crippen LogP) is -0.347. The van der Waals surface area contributed by atoms with Gasteiger partial charge in [-0.25, -0.2) is 30.0 Å². The van der Waals surface area contributed by atoms with Crippen molar-refractivity contribution in [3.8, 4) is 0 Å². The van der Waals surface area contributed by atoms with Crippen LogP contribution in [0.5, 0.6) is 0 Å². The molecule has 0 aromatic carbocycles. The van der Waals surface area contributed by atoms with Crippen LogP contribution in [0.3, 0.4) is 0 Å². The normalized spacial score (nSPS) is 11.0. The minimum Gasteiger partial charge on any atom is -0.266 e. The Kier molecular flexibility index (Phi) is 6.62. The Bertz CT molecular complexity index is 1010. The lowest BCUT2D eigenvalue weighted by Crippen LogP contribution is -2.26. The van der Waals surface area contributed by atoms with E-state index >= 15 is 0 Å². The van der Waals surface area contributed by atoms with Gasteiger partial charge in [0.2, 0.25) is 0 Å². The van der Waals surface area contributed by atoms with E-state index in [2.05, 4.69) is 31.0 Å². The highest BCUT2D eigenvalue weighted by Gasteiger charge is 2.12. The van der Waals surface area contributed by atoms with Crippen molar-refractivity contribution in [3.05, 3.63) is 84.0 Å². The van der Waals surface area contributed by atoms with Crippen molar-refractivity contribution in [3.63, 3.8) is 0 Å². The first-order valence-electron chi connectivity index (χ1n) is 8.91. The summed E-state index contributed by atoms with van der Waals surface area (Å²) in [4.78, 5) is 32.2. The summed E-state index contributed by atoms with van der Waals surface area (Å²) in [6.45, 7) is 0. The minimum atomic E-state index is -0.565. The van der Waals surface area contributed by atoms with Crippen molar-refractivity contribution in [2.75, 3.05) is 0 Å². The molecule has 3 aromatic heterocycles. The van der Waals surface area contributed by atoms with Gasteiger partial charge in [-0.15, -0.1) is 0 Å². The maximum absolute atomic E-state index is 12.2. The van der Waals surface area contributed by atoms with Gasteiger partial charge in [0.1, 0.15) is 31.8 Å². The second-order valence-corrected chi connectivity index (χ2v) is 6.28. The second-order valence-electron chi connectivity index (χ2n) is 6.28. The van der Waals surface area contributed by atoms with Gasteiger partial charge >= 0.3 is 0 Å². The average molecular weight is 404 g/mol. The van der Waals surface area contributed by atoms with Crippen molar-refractivity contribution < 1.29 is 18.7 Å². The molecule has 10 heteroatoms. The lowest BCUT2D eigenvalue weighted by molar-refractivity contribution is -0.671. The summed E-state index contributed by atoms with van der Waals surface area (Å²) in [5.74, 6) is -1.13. The summed E-state index contributed by atoms with van der Waals surface area (Å²) in [5.41, 5.74) is 6.39. The summed E-state index contributed by atoms with van der Waals surface area (Å²) >= 11 is 0. The second kappa shape index (κ2) is 9.73. The van der Waals surface area contributed by atoms with Crippen molar-refractivity contribution >= 4 is 24.2 Å². The Hall–Kier alpha value is -4.34. The molecule has 0 saturated heterocycles. The Morgan fingerprint density at radius 1 is 0.800 bits per heavy atom. The third kappa shape index (κ3) is 5.83. The Morgan fingerprint density at radius 2 is 1.20 bits per heavy atom. The quantitative estimate of drug-likeness (QED) is 0.332. The molecular weight excluding hydrogens is 384 g/mol. The van der Waals surface area contributed by atoms with Gasteiger partial charge in [0.15, 0.2) is 24.8 Å². The number of nitrogens with zero attached hydrogens (tertiary/aromatic N) is 6. The molecule has 0 aliphatic heterocycles. The highest BCUT2D eigenvalue weighted by Crippen LogP contribution is 1.99. The zero-order valence-electron chi connectivity index (χ0n) is 16.4. The summed E-state index contributed by atoms with van der Waals surface area (Å²) in [6, 6.07) is 8.65. The number of hydrogen-bond acceptors (Lipinski definition) is 6. The first-order chi connectivity index (χ1) is 14.5. The molecule has 0 bridgehead atoms. The van der Waals surface area contributed by atoms with Gasteiger partial charge in [-0.2, -0.15) is 10.2 Å². The summed E-state index contributed by atoms with van der Waals surface area (Å²) in [5, 5.41) is 7.78. The first-order valence-corrected chi connectivity index (χ1v) is 8.91. The average Bonchev–Trinajstić information content (AvgIpc) is 2.76. The van der Waals surface area contributed by atoms with Gasteiger partial charge < -0.3 is 0 Å². The van der Waals surface area contributed by atoms with Crippen LogP contribution in [0, 0.1) is 0 Å². The number of carbonyl (C=O) groups excluding carboxylic acids is 2. The minimum absolute atomic E-state index is 0.00583. The van der Waals surface area contributed by atoms with Crippen LogP contribution < -0.4 is 20.0 Å². The third-order valence-corrected chi connectivity index (χ3v) is 3.90. The molecule has 2 amide bonds. The lowest BCUT2D eigenvalue weighted by Gasteiger charge is -2.02. The predicted molar refractivity (Wildman–Crippen MR) is 107 cm³/mol. The van der Waals surface area contributed by atoms with Crippen LogP contribution in [0.2, 0.25) is 0 Å². The van der Waals surface area contributed by atoms with E-state index in [-0.39, 0.29) is 11.4 Å². The highest BCUT2D eigenvalue weighted by atomic mass is 16.2. The molecule has 0 atom stereocenters. The van der Waals surface area contributed by atoms with Gasteiger partial charge in [0.05, 0.1) is 12.4 Å². The molecule has 0 aliphatic carbocycles. The third-order valence-electron chi connectivity index (χ3n) is 3.90. The molecule has 0 radical (unpaired) electrons. The number of amides is 2. The molecule has 3 heterocycles. The number of aryl methyl sites for hydroxylation is 2. The van der Waals surface area contributed by atoms with E-state index in [4.69, 9.17) is 0 Å². The van der Waals surface area contributed by atoms with Crippen molar-refractivity contribution in [1.82, 2.24) is 20.8 Å². The van der Waals surface area contributed by atoms with Crippen LogP contribution in [-0.2, 0) is 14.1 Å². The van der Waals surface area contributed by atoms with E-state index in [0.717, 1.165) is 17.5 Å². The number of hydrazone groups is 2. The molecule has 3 aromatic rings. The Morgan fingerprint density at radius 3 is 1.60 bits per heavy atom. The van der Waals surface area contributed by atoms with Crippen LogP contribution >= 0.6 is 0 Å². The summed E-state index contributed by atoms with van der Waals surface area (Å²) in [6.07, 6.45) is 11.6. The fourth-order valence-electron chi connectivity index (χ4n) is 2.25. The van der Waals surface area contributed by atoms with Gasteiger partial charge in [-0.1, -0.05) is 0 Å². The number of rotatable bonds is 6. The molecule has 150 valence electrons. The van der Waals surface area contributed by atoms with Crippen LogP contribution in [0.4, 0.5) is 0 Å². The fourth-order valence-corrected chi connectivity index (χ4v) is 2.25. The van der Waals surface area contributed by atoms with E-state index in [1.807, 2.05) is 72.3 Å². The number of nitrogens with one attached hydrogen (secondary N) is 2. The fraction of sp³-hybridized carbons (Fsp3) is 0.100. The molecule has 0 aliphatic rings. The largest absolute Gasteiger partial charge is 0.290 e. The SMILES string of the molecule is C[n+]1ccc(C=NNC(=O)c2cc(C(=O)NN=Cc3cc[n+](C)cc3)ncn2)cc1. The molecule has 0 spiro atoms. The van der Waals surface area contributed by atoms with Gasteiger partial charge in [-0.05, 0) is 0 Å². The standard InChI is InChI=1S/C20H18N8O2/c1-27-7-3-15(4-8-27)12-23-25-19(29)17-11-18(22-14-21-17)20(30)26-24-13-16-5-9-28(2)10-6-16/h3-14H,1-2H3/p+2. The van der Waals surface area contributed by atoms with E-state index in [1.165, 1.54) is 18.5 Å². The molecule has 30 heavy (non-hydrogen) atoms. The highest BCUT2D eigenvalue weighted by molar-refractivity contribution is 5.97.